The Morgan fingerprint density at radius 2 is 1.84 bits per heavy atom. The fourth-order valence-electron chi connectivity index (χ4n) is 2.00. The van der Waals surface area contributed by atoms with Crippen molar-refractivity contribution < 1.29 is 18.3 Å². The van der Waals surface area contributed by atoms with Crippen LogP contribution in [0.25, 0.3) is 0 Å². The third-order valence-corrected chi connectivity index (χ3v) is 5.33. The van der Waals surface area contributed by atoms with Gasteiger partial charge in [0.25, 0.3) is 0 Å². The average Bonchev–Trinajstić information content (AvgIpc) is 2.36. The number of sulfone groups is 1. The van der Waals surface area contributed by atoms with Crippen LogP contribution in [0.1, 0.15) is 31.7 Å². The first-order chi connectivity index (χ1) is 8.97. The normalized spacial score (nSPS) is 13.1. The van der Waals surface area contributed by atoms with Crippen molar-refractivity contribution in [2.45, 2.75) is 37.9 Å². The zero-order valence-corrected chi connectivity index (χ0v) is 11.9. The van der Waals surface area contributed by atoms with Crippen LogP contribution < -0.4 is 0 Å². The fraction of sp³-hybridized carbons (Fsp3) is 0.500. The molecule has 0 bridgehead atoms. The van der Waals surface area contributed by atoms with Crippen molar-refractivity contribution in [3.05, 3.63) is 35.9 Å². The van der Waals surface area contributed by atoms with E-state index in [-0.39, 0.29) is 12.2 Å². The quantitative estimate of drug-likeness (QED) is 0.743. The molecule has 0 amide bonds. The van der Waals surface area contributed by atoms with Gasteiger partial charge in [0.05, 0.1) is 5.75 Å². The highest BCUT2D eigenvalue weighted by Crippen LogP contribution is 2.11. The largest absolute Gasteiger partial charge is 0.480 e. The fourth-order valence-corrected chi connectivity index (χ4v) is 3.71. The van der Waals surface area contributed by atoms with Crippen molar-refractivity contribution >= 4 is 15.8 Å². The van der Waals surface area contributed by atoms with Gasteiger partial charge in [-0.05, 0) is 31.2 Å². The van der Waals surface area contributed by atoms with Crippen LogP contribution in [0.15, 0.2) is 30.3 Å². The van der Waals surface area contributed by atoms with E-state index in [0.29, 0.717) is 6.42 Å². The first kappa shape index (κ1) is 15.7. The molecule has 1 aromatic carbocycles. The Labute approximate surface area is 114 Å². The summed E-state index contributed by atoms with van der Waals surface area (Å²) < 4.78 is 23.7. The average molecular weight is 284 g/mol. The van der Waals surface area contributed by atoms with Gasteiger partial charge >= 0.3 is 5.97 Å². The van der Waals surface area contributed by atoms with Gasteiger partial charge in [0.2, 0.25) is 0 Å². The lowest BCUT2D eigenvalue weighted by atomic mass is 10.1. The molecular weight excluding hydrogens is 264 g/mol. The summed E-state index contributed by atoms with van der Waals surface area (Å²) in [5, 5.41) is 7.60. The minimum Gasteiger partial charge on any atom is -0.480 e. The van der Waals surface area contributed by atoms with Gasteiger partial charge < -0.3 is 5.11 Å². The summed E-state index contributed by atoms with van der Waals surface area (Å²) in [6.45, 7) is 1.58. The van der Waals surface area contributed by atoms with E-state index in [1.54, 1.807) is 6.92 Å². The van der Waals surface area contributed by atoms with Crippen LogP contribution in [-0.2, 0) is 21.1 Å². The van der Waals surface area contributed by atoms with Crippen molar-refractivity contribution in [2.75, 3.05) is 5.75 Å². The summed E-state index contributed by atoms with van der Waals surface area (Å²) in [7, 11) is -3.53. The number of rotatable bonds is 8. The van der Waals surface area contributed by atoms with Crippen LogP contribution in [0, 0.1) is 0 Å². The molecule has 0 fully saturated rings. The minimum absolute atomic E-state index is 0.0510. The Hall–Kier alpha value is -1.36. The monoisotopic (exact) mass is 284 g/mol. The van der Waals surface area contributed by atoms with Crippen LogP contribution in [0.3, 0.4) is 0 Å². The Morgan fingerprint density at radius 1 is 1.21 bits per heavy atom. The van der Waals surface area contributed by atoms with Gasteiger partial charge in [-0.2, -0.15) is 0 Å². The lowest BCUT2D eigenvalue weighted by Crippen LogP contribution is -2.31. The van der Waals surface area contributed by atoms with E-state index in [9.17, 15) is 13.2 Å². The predicted octanol–water partition coefficient (Wildman–Crippen LogP) is 2.29. The molecule has 0 saturated carbocycles. The van der Waals surface area contributed by atoms with Gasteiger partial charge in [-0.1, -0.05) is 37.3 Å². The highest BCUT2D eigenvalue weighted by molar-refractivity contribution is 7.92. The SMILES string of the molecule is CCC(C(=O)O)S(=O)(=O)CCCCc1ccccc1. The van der Waals surface area contributed by atoms with Crippen LogP contribution in [-0.4, -0.2) is 30.5 Å². The van der Waals surface area contributed by atoms with Crippen LogP contribution in [0.2, 0.25) is 0 Å². The number of carbonyl (C=O) groups is 1. The number of hydrogen-bond donors (Lipinski definition) is 1. The second-order valence-electron chi connectivity index (χ2n) is 4.54. The van der Waals surface area contributed by atoms with Gasteiger partial charge in [0.1, 0.15) is 0 Å². The van der Waals surface area contributed by atoms with Crippen molar-refractivity contribution in [1.29, 1.82) is 0 Å². The van der Waals surface area contributed by atoms with Crippen LogP contribution >= 0.6 is 0 Å². The molecule has 0 aliphatic rings. The van der Waals surface area contributed by atoms with Crippen LogP contribution in [0.4, 0.5) is 0 Å². The molecule has 0 radical (unpaired) electrons. The summed E-state index contributed by atoms with van der Waals surface area (Å²) in [4.78, 5) is 10.9. The molecule has 0 spiro atoms. The molecule has 1 atom stereocenters. The molecule has 1 aromatic rings. The lowest BCUT2D eigenvalue weighted by molar-refractivity contribution is -0.136. The summed E-state index contributed by atoms with van der Waals surface area (Å²) >= 11 is 0. The van der Waals surface area contributed by atoms with Crippen molar-refractivity contribution in [3.63, 3.8) is 0 Å². The summed E-state index contributed by atoms with van der Waals surface area (Å²) in [5.74, 6) is -1.30. The summed E-state index contributed by atoms with van der Waals surface area (Å²) in [6, 6.07) is 9.83. The van der Waals surface area contributed by atoms with Gasteiger partial charge in [0, 0.05) is 0 Å². The molecule has 1 unspecified atom stereocenters. The molecule has 106 valence electrons. The molecular formula is C14H20O4S. The van der Waals surface area contributed by atoms with Gasteiger partial charge in [-0.25, -0.2) is 8.42 Å². The van der Waals surface area contributed by atoms with E-state index in [2.05, 4.69) is 0 Å². The van der Waals surface area contributed by atoms with E-state index in [1.807, 2.05) is 30.3 Å². The third kappa shape index (κ3) is 5.03. The lowest BCUT2D eigenvalue weighted by Gasteiger charge is -2.11. The second-order valence-corrected chi connectivity index (χ2v) is 6.85. The molecule has 0 saturated heterocycles. The molecule has 0 heterocycles. The highest BCUT2D eigenvalue weighted by atomic mass is 32.2. The van der Waals surface area contributed by atoms with Crippen molar-refractivity contribution in [2.24, 2.45) is 0 Å². The number of benzene rings is 1. The Morgan fingerprint density at radius 3 is 2.37 bits per heavy atom. The maximum atomic E-state index is 11.8. The Balaban J connectivity index is 2.42. The third-order valence-electron chi connectivity index (χ3n) is 3.07. The van der Waals surface area contributed by atoms with Gasteiger partial charge in [0.15, 0.2) is 15.1 Å². The summed E-state index contributed by atoms with van der Waals surface area (Å²) in [5.41, 5.74) is 1.17. The number of hydrogen-bond acceptors (Lipinski definition) is 3. The van der Waals surface area contributed by atoms with Crippen molar-refractivity contribution in [1.82, 2.24) is 0 Å². The number of unbranched alkanes of at least 4 members (excludes halogenated alkanes) is 1. The molecule has 0 aromatic heterocycles. The first-order valence-electron chi connectivity index (χ1n) is 6.45. The van der Waals surface area contributed by atoms with E-state index in [4.69, 9.17) is 5.11 Å². The van der Waals surface area contributed by atoms with E-state index in [0.717, 1.165) is 12.8 Å². The molecule has 1 N–H and O–H groups in total. The Kier molecular flexibility index (Phi) is 6.02. The maximum absolute atomic E-state index is 11.8. The maximum Gasteiger partial charge on any atom is 0.321 e. The first-order valence-corrected chi connectivity index (χ1v) is 8.17. The molecule has 0 aliphatic carbocycles. The van der Waals surface area contributed by atoms with Gasteiger partial charge in [-0.3, -0.25) is 4.79 Å². The zero-order valence-electron chi connectivity index (χ0n) is 11.1. The number of aliphatic carboxylic acids is 1. The number of carboxylic acids is 1. The predicted molar refractivity (Wildman–Crippen MR) is 74.9 cm³/mol. The Bertz CT molecular complexity index is 493. The standard InChI is InChI=1S/C14H20O4S/c1-2-13(14(15)16)19(17,18)11-7-6-10-12-8-4-3-5-9-12/h3-5,8-9,13H,2,6-7,10-11H2,1H3,(H,15,16). The topological polar surface area (TPSA) is 71.4 Å². The molecule has 5 heteroatoms. The zero-order chi connectivity index (χ0) is 14.3. The second kappa shape index (κ2) is 7.28. The van der Waals surface area contributed by atoms with Gasteiger partial charge in [-0.15, -0.1) is 0 Å². The highest BCUT2D eigenvalue weighted by Gasteiger charge is 2.29. The smallest absolute Gasteiger partial charge is 0.321 e. The van der Waals surface area contributed by atoms with Crippen molar-refractivity contribution in [3.8, 4) is 0 Å². The molecule has 19 heavy (non-hydrogen) atoms. The van der Waals surface area contributed by atoms with E-state index >= 15 is 0 Å². The molecule has 0 aliphatic heterocycles. The van der Waals surface area contributed by atoms with Crippen LogP contribution in [0.5, 0.6) is 0 Å². The van der Waals surface area contributed by atoms with E-state index in [1.165, 1.54) is 5.56 Å². The molecule has 4 nitrogen and oxygen atoms in total. The summed E-state index contributed by atoms with van der Waals surface area (Å²) in [6.07, 6.45) is 2.19. The minimum atomic E-state index is -3.53. The van der Waals surface area contributed by atoms with E-state index < -0.39 is 21.1 Å². The molecule has 1 rings (SSSR count). The number of carboxylic acid groups (broad SMARTS) is 1. The number of aryl methyl sites for hydroxylation is 1.